The first-order valence-electron chi connectivity index (χ1n) is 6.20. The van der Waals surface area contributed by atoms with Crippen LogP contribution in [0, 0.1) is 17.1 Å². The highest BCUT2D eigenvalue weighted by Crippen LogP contribution is 2.29. The van der Waals surface area contributed by atoms with Crippen LogP contribution in [0.15, 0.2) is 18.2 Å². The molecule has 21 heavy (non-hydrogen) atoms. The van der Waals surface area contributed by atoms with Gasteiger partial charge in [0.15, 0.2) is 0 Å². The van der Waals surface area contributed by atoms with Gasteiger partial charge in [-0.3, -0.25) is 0 Å². The normalized spacial score (nSPS) is 22.4. The van der Waals surface area contributed by atoms with Gasteiger partial charge in [-0.15, -0.1) is 0 Å². The predicted molar refractivity (Wildman–Crippen MR) is 75.6 cm³/mol. The summed E-state index contributed by atoms with van der Waals surface area (Å²) in [7, 11) is -2.56. The lowest BCUT2D eigenvalue weighted by atomic mass is 10.0. The van der Waals surface area contributed by atoms with Gasteiger partial charge in [0.2, 0.25) is 10.0 Å². The van der Waals surface area contributed by atoms with Gasteiger partial charge in [0.1, 0.15) is 11.4 Å². The van der Waals surface area contributed by atoms with Crippen LogP contribution in [0.2, 0.25) is 5.02 Å². The van der Waals surface area contributed by atoms with Crippen LogP contribution in [0.5, 0.6) is 0 Å². The van der Waals surface area contributed by atoms with Gasteiger partial charge in [0, 0.05) is 30.7 Å². The minimum atomic E-state index is -3.87. The third-order valence-corrected chi connectivity index (χ3v) is 5.67. The number of sulfonamides is 1. The zero-order valence-electron chi connectivity index (χ0n) is 11.3. The van der Waals surface area contributed by atoms with Crippen molar-refractivity contribution in [1.29, 1.82) is 5.26 Å². The molecule has 0 aliphatic carbocycles. The number of halogens is 2. The van der Waals surface area contributed by atoms with E-state index in [4.69, 9.17) is 16.3 Å². The van der Waals surface area contributed by atoms with E-state index in [2.05, 4.69) is 0 Å². The van der Waals surface area contributed by atoms with Crippen molar-refractivity contribution in [3.8, 4) is 6.07 Å². The van der Waals surface area contributed by atoms with Crippen molar-refractivity contribution in [2.75, 3.05) is 20.3 Å². The number of ether oxygens (including phenoxy) is 1. The number of nitriles is 1. The molecule has 8 heteroatoms. The molecule has 0 amide bonds. The summed E-state index contributed by atoms with van der Waals surface area (Å²) in [6, 6.07) is 5.73. The standard InChI is InChI=1S/C13H14ClFN2O3S/c1-17(13(8-16)4-5-20-9-13)21(18,19)7-10-6-11(14)2-3-12(10)15/h2-3,6H,4-5,7,9H2,1H3/t13-/m0/s1. The van der Waals surface area contributed by atoms with E-state index in [0.717, 1.165) is 10.4 Å². The summed E-state index contributed by atoms with van der Waals surface area (Å²) >= 11 is 5.76. The maximum Gasteiger partial charge on any atom is 0.219 e. The second-order valence-corrected chi connectivity index (χ2v) is 7.34. The Labute approximate surface area is 127 Å². The van der Waals surface area contributed by atoms with Crippen LogP contribution in [0.25, 0.3) is 0 Å². The number of benzene rings is 1. The Hall–Kier alpha value is -1.20. The molecule has 114 valence electrons. The zero-order valence-corrected chi connectivity index (χ0v) is 12.9. The van der Waals surface area contributed by atoms with E-state index in [1.807, 2.05) is 6.07 Å². The minimum absolute atomic E-state index is 0.0112. The molecule has 2 rings (SSSR count). The summed E-state index contributed by atoms with van der Waals surface area (Å²) < 4.78 is 44.7. The van der Waals surface area contributed by atoms with Crippen molar-refractivity contribution in [2.24, 2.45) is 0 Å². The van der Waals surface area contributed by atoms with Crippen LogP contribution in [0.4, 0.5) is 4.39 Å². The first-order valence-corrected chi connectivity index (χ1v) is 8.19. The second-order valence-electron chi connectivity index (χ2n) is 4.91. The van der Waals surface area contributed by atoms with Gasteiger partial charge >= 0.3 is 0 Å². The van der Waals surface area contributed by atoms with Gasteiger partial charge in [-0.1, -0.05) is 11.6 Å². The van der Waals surface area contributed by atoms with E-state index in [1.165, 1.54) is 19.2 Å². The number of nitrogens with zero attached hydrogens (tertiary/aromatic N) is 2. The van der Waals surface area contributed by atoms with E-state index in [0.29, 0.717) is 6.61 Å². The van der Waals surface area contributed by atoms with Crippen molar-refractivity contribution in [3.63, 3.8) is 0 Å². The average Bonchev–Trinajstić information content (AvgIpc) is 2.91. The Bertz CT molecular complexity index is 681. The Kier molecular flexibility index (Phi) is 4.54. The van der Waals surface area contributed by atoms with Crippen molar-refractivity contribution in [1.82, 2.24) is 4.31 Å². The molecule has 0 spiro atoms. The van der Waals surface area contributed by atoms with Crippen molar-refractivity contribution in [2.45, 2.75) is 17.7 Å². The summed E-state index contributed by atoms with van der Waals surface area (Å²) in [4.78, 5) is 0. The van der Waals surface area contributed by atoms with Gasteiger partial charge in [-0.2, -0.15) is 9.57 Å². The quantitative estimate of drug-likeness (QED) is 0.844. The van der Waals surface area contributed by atoms with Crippen molar-refractivity contribution in [3.05, 3.63) is 34.6 Å². The number of likely N-dealkylation sites (N-methyl/N-ethyl adjacent to an activating group) is 1. The molecule has 0 unspecified atom stereocenters. The molecule has 1 aromatic rings. The van der Waals surface area contributed by atoms with Gasteiger partial charge in [-0.25, -0.2) is 12.8 Å². The van der Waals surface area contributed by atoms with Crippen LogP contribution in [0.3, 0.4) is 0 Å². The highest BCUT2D eigenvalue weighted by molar-refractivity contribution is 7.88. The molecule has 0 saturated carbocycles. The van der Waals surface area contributed by atoms with Gasteiger partial charge in [-0.05, 0) is 18.2 Å². The van der Waals surface area contributed by atoms with Crippen molar-refractivity contribution >= 4 is 21.6 Å². The summed E-state index contributed by atoms with van der Waals surface area (Å²) in [5, 5.41) is 9.54. The van der Waals surface area contributed by atoms with E-state index < -0.39 is 27.1 Å². The third kappa shape index (κ3) is 3.19. The molecule has 0 aromatic heterocycles. The van der Waals surface area contributed by atoms with Crippen LogP contribution in [-0.2, 0) is 20.5 Å². The topological polar surface area (TPSA) is 70.4 Å². The fourth-order valence-electron chi connectivity index (χ4n) is 2.17. The molecule has 1 aliphatic heterocycles. The largest absolute Gasteiger partial charge is 0.378 e. The molecule has 0 radical (unpaired) electrons. The third-order valence-electron chi connectivity index (χ3n) is 3.57. The summed E-state index contributed by atoms with van der Waals surface area (Å²) in [6.45, 7) is 0.330. The smallest absolute Gasteiger partial charge is 0.219 e. The fraction of sp³-hybridized carbons (Fsp3) is 0.462. The van der Waals surface area contributed by atoms with Crippen LogP contribution in [-0.4, -0.2) is 38.5 Å². The van der Waals surface area contributed by atoms with Gasteiger partial charge in [0.25, 0.3) is 0 Å². The lowest BCUT2D eigenvalue weighted by Gasteiger charge is -2.30. The summed E-state index contributed by atoms with van der Waals surface area (Å²) in [6.07, 6.45) is 0.289. The first-order chi connectivity index (χ1) is 9.81. The number of rotatable bonds is 4. The molecule has 1 fully saturated rings. The highest BCUT2D eigenvalue weighted by Gasteiger charge is 2.44. The van der Waals surface area contributed by atoms with E-state index in [9.17, 15) is 18.1 Å². The van der Waals surface area contributed by atoms with Gasteiger partial charge < -0.3 is 4.74 Å². The Balaban J connectivity index is 2.30. The monoisotopic (exact) mass is 332 g/mol. The summed E-state index contributed by atoms with van der Waals surface area (Å²) in [5.41, 5.74) is -1.25. The average molecular weight is 333 g/mol. The van der Waals surface area contributed by atoms with E-state index in [-0.39, 0.29) is 23.6 Å². The molecule has 1 atom stereocenters. The molecule has 0 N–H and O–H groups in total. The van der Waals surface area contributed by atoms with Crippen LogP contribution < -0.4 is 0 Å². The predicted octanol–water partition coefficient (Wildman–Crippen LogP) is 1.92. The maximum absolute atomic E-state index is 13.7. The fourth-order valence-corrected chi connectivity index (χ4v) is 3.89. The number of hydrogen-bond donors (Lipinski definition) is 0. The van der Waals surface area contributed by atoms with E-state index in [1.54, 1.807) is 0 Å². The molecule has 0 bridgehead atoms. The van der Waals surface area contributed by atoms with Gasteiger partial charge in [0.05, 0.1) is 18.4 Å². The lowest BCUT2D eigenvalue weighted by Crippen LogP contribution is -2.49. The van der Waals surface area contributed by atoms with E-state index >= 15 is 0 Å². The maximum atomic E-state index is 13.7. The lowest BCUT2D eigenvalue weighted by molar-refractivity contribution is 0.162. The Morgan fingerprint density at radius 1 is 1.57 bits per heavy atom. The summed E-state index contributed by atoms with van der Waals surface area (Å²) in [5.74, 6) is -1.20. The molecular formula is C13H14ClFN2O3S. The molecule has 1 aromatic carbocycles. The molecule has 1 saturated heterocycles. The zero-order chi connectivity index (χ0) is 15.7. The molecule has 5 nitrogen and oxygen atoms in total. The molecule has 1 aliphatic rings. The minimum Gasteiger partial charge on any atom is -0.378 e. The Morgan fingerprint density at radius 2 is 2.29 bits per heavy atom. The Morgan fingerprint density at radius 3 is 2.86 bits per heavy atom. The first kappa shape index (κ1) is 16.2. The molecule has 1 heterocycles. The molecular weight excluding hydrogens is 319 g/mol. The number of hydrogen-bond acceptors (Lipinski definition) is 4. The SMILES string of the molecule is CN([C@]1(C#N)CCOC1)S(=O)(=O)Cc1cc(Cl)ccc1F. The van der Waals surface area contributed by atoms with Crippen LogP contribution >= 0.6 is 11.6 Å². The van der Waals surface area contributed by atoms with Crippen LogP contribution in [0.1, 0.15) is 12.0 Å². The second kappa shape index (κ2) is 5.89. The highest BCUT2D eigenvalue weighted by atomic mass is 35.5. The van der Waals surface area contributed by atoms with Crippen molar-refractivity contribution < 1.29 is 17.5 Å².